The zero-order chi connectivity index (χ0) is 23.2. The van der Waals surface area contributed by atoms with E-state index in [9.17, 15) is 57.3 Å². The Labute approximate surface area is 158 Å². The third-order valence-corrected chi connectivity index (χ3v) is 6.39. The first-order valence-corrected chi connectivity index (χ1v) is 10.7. The van der Waals surface area contributed by atoms with Crippen LogP contribution in [0.5, 0.6) is 0 Å². The highest BCUT2D eigenvalue weighted by molar-refractivity contribution is 7.97. The van der Waals surface area contributed by atoms with Crippen molar-refractivity contribution in [1.29, 1.82) is 0 Å². The minimum atomic E-state index is -7.43. The van der Waals surface area contributed by atoms with Gasteiger partial charge in [0.05, 0.1) is 0 Å². The van der Waals surface area contributed by atoms with Gasteiger partial charge in [-0.05, 0) is 31.2 Å². The molecule has 0 aliphatic heterocycles. The molecule has 0 bridgehead atoms. The van der Waals surface area contributed by atoms with Gasteiger partial charge >= 0.3 is 23.3 Å². The molecule has 0 unspecified atom stereocenters. The normalized spacial score (nSPS) is 13.9. The van der Waals surface area contributed by atoms with Crippen molar-refractivity contribution < 1.29 is 57.3 Å². The molecule has 0 amide bonds. The van der Waals surface area contributed by atoms with Crippen LogP contribution in [0, 0.1) is 0 Å². The minimum Gasteiger partial charge on any atom is -0.743 e. The molecule has 0 aromatic rings. The lowest BCUT2D eigenvalue weighted by atomic mass is 10.1. The number of alkyl halides is 9. The van der Waals surface area contributed by atoms with Crippen LogP contribution in [0.3, 0.4) is 0 Å². The lowest BCUT2D eigenvalue weighted by Gasteiger charge is -2.34. The molecular formula is C13H19F9O4S2. The van der Waals surface area contributed by atoms with E-state index in [0.717, 1.165) is 18.6 Å². The van der Waals surface area contributed by atoms with E-state index in [1.807, 2.05) is 0 Å². The quantitative estimate of drug-likeness (QED) is 0.288. The van der Waals surface area contributed by atoms with Gasteiger partial charge in [0.1, 0.15) is 11.5 Å². The van der Waals surface area contributed by atoms with Crippen molar-refractivity contribution in [3.8, 4) is 0 Å². The van der Waals surface area contributed by atoms with Gasteiger partial charge in [-0.15, -0.1) is 0 Å². The van der Waals surface area contributed by atoms with E-state index in [0.29, 0.717) is 16.7 Å². The third kappa shape index (κ3) is 6.97. The predicted molar refractivity (Wildman–Crippen MR) is 83.8 cm³/mol. The Hall–Kier alpha value is -0.700. The lowest BCUT2D eigenvalue weighted by molar-refractivity contribution is -0.382. The Kier molecular flexibility index (Phi) is 10.9. The topological polar surface area (TPSA) is 74.3 Å². The van der Waals surface area contributed by atoms with Crippen molar-refractivity contribution in [3.63, 3.8) is 0 Å². The first-order chi connectivity index (χ1) is 12.2. The molecule has 170 valence electrons. The molecule has 0 aliphatic rings. The van der Waals surface area contributed by atoms with Gasteiger partial charge in [0, 0.05) is 6.42 Å². The third-order valence-electron chi connectivity index (χ3n) is 3.14. The molecule has 15 heteroatoms. The number of ketones is 1. The first-order valence-electron chi connectivity index (χ1n) is 7.55. The Morgan fingerprint density at radius 3 is 1.50 bits per heavy atom. The van der Waals surface area contributed by atoms with Crippen molar-refractivity contribution in [1.82, 2.24) is 0 Å². The summed E-state index contributed by atoms with van der Waals surface area (Å²) in [7, 11) is -7.04. The number of carbonyl (C=O) groups is 1. The Morgan fingerprint density at radius 1 is 0.857 bits per heavy atom. The minimum absolute atomic E-state index is 0.380. The van der Waals surface area contributed by atoms with Crippen molar-refractivity contribution in [3.05, 3.63) is 0 Å². The van der Waals surface area contributed by atoms with Crippen LogP contribution in [0.25, 0.3) is 0 Å². The van der Waals surface area contributed by atoms with Gasteiger partial charge in [0.25, 0.3) is 0 Å². The number of carbonyl (C=O) groups excluding carboxylic acids is 1. The fraction of sp³-hybridized carbons (Fsp3) is 0.923. The molecule has 0 spiro atoms. The number of hydrogen-bond donors (Lipinski definition) is 0. The summed E-state index contributed by atoms with van der Waals surface area (Å²) < 4.78 is 135. The Balaban J connectivity index is 0. The van der Waals surface area contributed by atoms with Gasteiger partial charge in [-0.3, -0.25) is 4.79 Å². The predicted octanol–water partition coefficient (Wildman–Crippen LogP) is 3.97. The zero-order valence-corrected chi connectivity index (χ0v) is 16.5. The van der Waals surface area contributed by atoms with Crippen LogP contribution in [-0.2, 0) is 25.8 Å². The summed E-state index contributed by atoms with van der Waals surface area (Å²) in [6.07, 6.45) is -5.38. The molecular weight excluding hydrogens is 455 g/mol. The maximum Gasteiger partial charge on any atom is 0.460 e. The molecule has 0 aromatic carbocycles. The summed E-state index contributed by atoms with van der Waals surface area (Å²) in [5.74, 6) is -11.2. The maximum atomic E-state index is 12.2. The molecule has 0 radical (unpaired) electrons. The summed E-state index contributed by atoms with van der Waals surface area (Å²) >= 11 is 0. The zero-order valence-electron chi connectivity index (χ0n) is 14.9. The van der Waals surface area contributed by atoms with E-state index in [1.54, 1.807) is 0 Å². The lowest BCUT2D eigenvalue weighted by Crippen LogP contribution is -2.63. The van der Waals surface area contributed by atoms with E-state index < -0.39 is 33.4 Å². The largest absolute Gasteiger partial charge is 0.743 e. The smallest absolute Gasteiger partial charge is 0.460 e. The summed E-state index contributed by atoms with van der Waals surface area (Å²) in [5, 5.41) is -7.11. The van der Waals surface area contributed by atoms with E-state index in [-0.39, 0.29) is 0 Å². The van der Waals surface area contributed by atoms with E-state index in [1.165, 1.54) is 11.5 Å². The van der Waals surface area contributed by atoms with Crippen LogP contribution in [0.4, 0.5) is 39.5 Å². The summed E-state index contributed by atoms with van der Waals surface area (Å²) in [4.78, 5) is 11.2. The second-order valence-corrected chi connectivity index (χ2v) is 9.33. The summed E-state index contributed by atoms with van der Waals surface area (Å²) in [6, 6.07) is 0. The van der Waals surface area contributed by atoms with Gasteiger partial charge in [-0.25, -0.2) is 8.42 Å². The van der Waals surface area contributed by atoms with Crippen molar-refractivity contribution >= 4 is 26.8 Å². The van der Waals surface area contributed by atoms with Crippen LogP contribution >= 0.6 is 0 Å². The highest BCUT2D eigenvalue weighted by atomic mass is 32.2. The summed E-state index contributed by atoms with van der Waals surface area (Å²) in [6.45, 7) is 6.41. The Morgan fingerprint density at radius 2 is 1.25 bits per heavy atom. The highest BCUT2D eigenvalue weighted by Gasteiger charge is 2.83. The number of halogens is 9. The van der Waals surface area contributed by atoms with E-state index >= 15 is 0 Å². The van der Waals surface area contributed by atoms with Crippen molar-refractivity contribution in [2.45, 2.75) is 56.9 Å². The average molecular weight is 474 g/mol. The molecule has 0 N–H and O–H groups in total. The SMILES string of the molecule is CCCC(=O)C[S+](CC)CC.O=S(=O)([O-])C(F)(F)C(F)(F)C(F)(F)C(F)(F)F. The van der Waals surface area contributed by atoms with Crippen molar-refractivity contribution in [2.75, 3.05) is 17.3 Å². The van der Waals surface area contributed by atoms with Gasteiger partial charge in [-0.2, -0.15) is 39.5 Å². The second-order valence-electron chi connectivity index (χ2n) is 5.24. The van der Waals surface area contributed by atoms with Crippen LogP contribution in [0.15, 0.2) is 0 Å². The molecule has 0 heterocycles. The summed E-state index contributed by atoms with van der Waals surface area (Å²) in [5.41, 5.74) is 0. The second kappa shape index (κ2) is 10.4. The fourth-order valence-corrected chi connectivity index (χ4v) is 3.36. The molecule has 0 atom stereocenters. The van der Waals surface area contributed by atoms with Crippen LogP contribution < -0.4 is 0 Å². The van der Waals surface area contributed by atoms with Gasteiger partial charge in [-0.1, -0.05) is 6.92 Å². The highest BCUT2D eigenvalue weighted by Crippen LogP contribution is 2.54. The maximum absolute atomic E-state index is 12.2. The molecule has 28 heavy (non-hydrogen) atoms. The number of hydrogen-bond acceptors (Lipinski definition) is 4. The van der Waals surface area contributed by atoms with Gasteiger partial charge in [0.15, 0.2) is 21.7 Å². The molecule has 0 rings (SSSR count). The Bertz CT molecular complexity index is 600. The number of rotatable bonds is 9. The molecule has 4 nitrogen and oxygen atoms in total. The first kappa shape index (κ1) is 29.5. The monoisotopic (exact) mass is 474 g/mol. The van der Waals surface area contributed by atoms with Crippen LogP contribution in [0.2, 0.25) is 0 Å². The van der Waals surface area contributed by atoms with E-state index in [2.05, 4.69) is 20.8 Å². The standard InChI is InChI=1S/C9H19OS.C4HF9O3S/c1-4-7-9(10)8-11(5-2)6-3;5-1(6,3(9,10)11)2(7,8)4(12,13)17(14,15)16/h4-8H2,1-3H3;(H,14,15,16)/q+1;/p-1. The number of Topliss-reactive ketones (excluding diaryl/α,β-unsaturated/α-hetero) is 1. The average Bonchev–Trinajstić information content (AvgIpc) is 2.50. The molecule has 0 aliphatic carbocycles. The molecule has 0 aromatic heterocycles. The molecule has 0 saturated heterocycles. The van der Waals surface area contributed by atoms with E-state index in [4.69, 9.17) is 0 Å². The fourth-order valence-electron chi connectivity index (χ4n) is 1.50. The van der Waals surface area contributed by atoms with Crippen LogP contribution in [0.1, 0.15) is 33.6 Å². The molecule has 0 fully saturated rings. The molecule has 0 saturated carbocycles. The van der Waals surface area contributed by atoms with Crippen molar-refractivity contribution in [2.24, 2.45) is 0 Å². The van der Waals surface area contributed by atoms with Gasteiger partial charge in [0.2, 0.25) is 0 Å². The van der Waals surface area contributed by atoms with Gasteiger partial charge < -0.3 is 4.55 Å². The van der Waals surface area contributed by atoms with Crippen LogP contribution in [-0.4, -0.2) is 59.3 Å².